The van der Waals surface area contributed by atoms with Gasteiger partial charge in [0, 0.05) is 25.4 Å². The van der Waals surface area contributed by atoms with Crippen LogP contribution in [0, 0.1) is 5.92 Å². The molecule has 0 bridgehead atoms. The number of aliphatic hydroxyl groups is 1. The lowest BCUT2D eigenvalue weighted by Gasteiger charge is -2.20. The summed E-state index contributed by atoms with van der Waals surface area (Å²) in [6, 6.07) is 0. The summed E-state index contributed by atoms with van der Waals surface area (Å²) < 4.78 is 0. The molecule has 2 unspecified atom stereocenters. The number of likely N-dealkylation sites (tertiary alicyclic amines) is 1. The van der Waals surface area contributed by atoms with Crippen LogP contribution in [0.1, 0.15) is 33.1 Å². The van der Waals surface area contributed by atoms with Gasteiger partial charge in [0.25, 0.3) is 0 Å². The summed E-state index contributed by atoms with van der Waals surface area (Å²) in [5, 5.41) is 12.7. The molecule has 2 atom stereocenters. The molecule has 1 aliphatic heterocycles. The third-order valence-corrected chi connectivity index (χ3v) is 2.97. The first-order valence-electron chi connectivity index (χ1n) is 5.75. The molecule has 16 heavy (non-hydrogen) atoms. The summed E-state index contributed by atoms with van der Waals surface area (Å²) >= 11 is 4.89. The smallest absolute Gasteiger partial charge is 0.227 e. The number of thiocarbonyl (C=S) groups is 1. The number of hydrogen-bond acceptors (Lipinski definition) is 3. The molecule has 92 valence electrons. The monoisotopic (exact) mass is 244 g/mol. The topological polar surface area (TPSA) is 52.6 Å². The average Bonchev–Trinajstić information content (AvgIpc) is 2.43. The lowest BCUT2D eigenvalue weighted by molar-refractivity contribution is -0.135. The largest absolute Gasteiger partial charge is 0.380 e. The molecule has 1 saturated heterocycles. The molecule has 1 rings (SSSR count). The molecule has 0 aromatic rings. The van der Waals surface area contributed by atoms with Gasteiger partial charge in [0.1, 0.15) is 6.23 Å². The Labute approximate surface area is 102 Å². The second-order valence-corrected chi connectivity index (χ2v) is 4.95. The Morgan fingerprint density at radius 2 is 2.31 bits per heavy atom. The van der Waals surface area contributed by atoms with Crippen LogP contribution < -0.4 is 5.32 Å². The molecule has 0 saturated carbocycles. The molecule has 1 heterocycles. The predicted octanol–water partition coefficient (Wildman–Crippen LogP) is 0.890. The van der Waals surface area contributed by atoms with Crippen molar-refractivity contribution in [1.29, 1.82) is 0 Å². The maximum Gasteiger partial charge on any atom is 0.227 e. The van der Waals surface area contributed by atoms with Crippen molar-refractivity contribution >= 4 is 23.1 Å². The van der Waals surface area contributed by atoms with Crippen molar-refractivity contribution < 1.29 is 9.90 Å². The van der Waals surface area contributed by atoms with Crippen LogP contribution in [0.2, 0.25) is 0 Å². The van der Waals surface area contributed by atoms with Crippen molar-refractivity contribution in [2.45, 2.75) is 39.3 Å². The zero-order chi connectivity index (χ0) is 12.1. The van der Waals surface area contributed by atoms with E-state index in [-0.39, 0.29) is 11.8 Å². The van der Waals surface area contributed by atoms with Crippen molar-refractivity contribution in [3.05, 3.63) is 0 Å². The van der Waals surface area contributed by atoms with E-state index in [4.69, 9.17) is 12.2 Å². The summed E-state index contributed by atoms with van der Waals surface area (Å²) in [5.74, 6) is 0.0443. The van der Waals surface area contributed by atoms with Crippen LogP contribution in [0.5, 0.6) is 0 Å². The standard InChI is InChI=1S/C11H20N2O2S/c1-8-7-10(14)13(11(8)15)6-4-3-5-12-9(2)16/h8,10,14H,3-7H2,1-2H3,(H,12,16). The van der Waals surface area contributed by atoms with Gasteiger partial charge in [-0.2, -0.15) is 0 Å². The average molecular weight is 244 g/mol. The van der Waals surface area contributed by atoms with Crippen molar-refractivity contribution in [1.82, 2.24) is 10.2 Å². The maximum absolute atomic E-state index is 11.6. The van der Waals surface area contributed by atoms with Crippen molar-refractivity contribution in [2.75, 3.05) is 13.1 Å². The van der Waals surface area contributed by atoms with E-state index in [1.54, 1.807) is 4.90 Å². The normalized spacial score (nSPS) is 24.9. The van der Waals surface area contributed by atoms with Crippen LogP contribution in [0.3, 0.4) is 0 Å². The lowest BCUT2D eigenvalue weighted by atomic mass is 10.1. The Bertz CT molecular complexity index is 271. The number of nitrogens with zero attached hydrogens (tertiary/aromatic N) is 1. The fraction of sp³-hybridized carbons (Fsp3) is 0.818. The number of nitrogens with one attached hydrogen (secondary N) is 1. The number of hydrogen-bond donors (Lipinski definition) is 2. The minimum atomic E-state index is -0.581. The minimum Gasteiger partial charge on any atom is -0.380 e. The van der Waals surface area contributed by atoms with E-state index in [1.807, 2.05) is 13.8 Å². The van der Waals surface area contributed by atoms with Crippen LogP contribution >= 0.6 is 12.2 Å². The molecule has 0 radical (unpaired) electrons. The SMILES string of the molecule is CC(=S)NCCCCN1C(=O)C(C)CC1O. The summed E-state index contributed by atoms with van der Waals surface area (Å²) in [6.07, 6.45) is 1.84. The van der Waals surface area contributed by atoms with E-state index in [9.17, 15) is 9.90 Å². The third-order valence-electron chi connectivity index (χ3n) is 2.83. The van der Waals surface area contributed by atoms with Gasteiger partial charge < -0.3 is 15.3 Å². The Morgan fingerprint density at radius 3 is 2.81 bits per heavy atom. The summed E-state index contributed by atoms with van der Waals surface area (Å²) in [4.78, 5) is 14.0. The van der Waals surface area contributed by atoms with Gasteiger partial charge >= 0.3 is 0 Å². The van der Waals surface area contributed by atoms with Crippen LogP contribution in [0.4, 0.5) is 0 Å². The van der Waals surface area contributed by atoms with Crippen molar-refractivity contribution in [3.8, 4) is 0 Å². The quantitative estimate of drug-likeness (QED) is 0.557. The molecule has 1 amide bonds. The second-order valence-electron chi connectivity index (χ2n) is 4.34. The zero-order valence-corrected chi connectivity index (χ0v) is 10.7. The molecule has 0 spiro atoms. The van der Waals surface area contributed by atoms with Crippen LogP contribution in [-0.2, 0) is 4.79 Å². The fourth-order valence-electron chi connectivity index (χ4n) is 1.91. The van der Waals surface area contributed by atoms with Gasteiger partial charge in [-0.1, -0.05) is 19.1 Å². The van der Waals surface area contributed by atoms with Gasteiger partial charge in [-0.25, -0.2) is 0 Å². The zero-order valence-electron chi connectivity index (χ0n) is 9.90. The van der Waals surface area contributed by atoms with Crippen molar-refractivity contribution in [2.24, 2.45) is 5.92 Å². The predicted molar refractivity (Wildman–Crippen MR) is 67.0 cm³/mol. The molecule has 5 heteroatoms. The first-order chi connectivity index (χ1) is 7.52. The van der Waals surface area contributed by atoms with Crippen LogP contribution in [-0.4, -0.2) is 40.2 Å². The van der Waals surface area contributed by atoms with Crippen LogP contribution in [0.15, 0.2) is 0 Å². The van der Waals surface area contributed by atoms with Crippen LogP contribution in [0.25, 0.3) is 0 Å². The number of carbonyl (C=O) groups is 1. The highest BCUT2D eigenvalue weighted by Gasteiger charge is 2.34. The first-order valence-corrected chi connectivity index (χ1v) is 6.16. The third kappa shape index (κ3) is 3.72. The highest BCUT2D eigenvalue weighted by Crippen LogP contribution is 2.22. The highest BCUT2D eigenvalue weighted by atomic mass is 32.1. The molecule has 0 aromatic heterocycles. The molecule has 4 nitrogen and oxygen atoms in total. The van der Waals surface area contributed by atoms with E-state index in [0.717, 1.165) is 24.4 Å². The highest BCUT2D eigenvalue weighted by molar-refractivity contribution is 7.80. The molecule has 1 fully saturated rings. The lowest BCUT2D eigenvalue weighted by Crippen LogP contribution is -2.34. The van der Waals surface area contributed by atoms with Gasteiger partial charge in [-0.3, -0.25) is 4.79 Å². The van der Waals surface area contributed by atoms with Gasteiger partial charge in [-0.05, 0) is 19.8 Å². The van der Waals surface area contributed by atoms with E-state index >= 15 is 0 Å². The number of amides is 1. The number of rotatable bonds is 5. The van der Waals surface area contributed by atoms with Gasteiger partial charge in [0.05, 0.1) is 4.99 Å². The van der Waals surface area contributed by atoms with Gasteiger partial charge in [0.2, 0.25) is 5.91 Å². The Hall–Kier alpha value is -0.680. The summed E-state index contributed by atoms with van der Waals surface area (Å²) in [6.45, 7) is 5.19. The maximum atomic E-state index is 11.6. The Morgan fingerprint density at radius 1 is 1.62 bits per heavy atom. The van der Waals surface area contributed by atoms with Gasteiger partial charge in [-0.15, -0.1) is 0 Å². The van der Waals surface area contributed by atoms with Crippen molar-refractivity contribution in [3.63, 3.8) is 0 Å². The molecule has 2 N–H and O–H groups in total. The number of carbonyl (C=O) groups excluding carboxylic acids is 1. The minimum absolute atomic E-state index is 0.0312. The molecular weight excluding hydrogens is 224 g/mol. The second kappa shape index (κ2) is 6.15. The molecule has 1 aliphatic rings. The van der Waals surface area contributed by atoms with E-state index in [1.165, 1.54) is 0 Å². The molecule has 0 aromatic carbocycles. The molecular formula is C11H20N2O2S. The number of unbranched alkanes of at least 4 members (excludes halogenated alkanes) is 1. The van der Waals surface area contributed by atoms with E-state index in [2.05, 4.69) is 5.32 Å². The Kier molecular flexibility index (Phi) is 5.15. The molecule has 0 aliphatic carbocycles. The van der Waals surface area contributed by atoms with E-state index in [0.29, 0.717) is 13.0 Å². The fourth-order valence-corrected chi connectivity index (χ4v) is 2.01. The summed E-state index contributed by atoms with van der Waals surface area (Å²) in [5.41, 5.74) is 0. The van der Waals surface area contributed by atoms with Gasteiger partial charge in [0.15, 0.2) is 0 Å². The summed E-state index contributed by atoms with van der Waals surface area (Å²) in [7, 11) is 0. The Balaban J connectivity index is 2.17. The van der Waals surface area contributed by atoms with E-state index < -0.39 is 6.23 Å². The number of aliphatic hydroxyl groups excluding tert-OH is 1. The first kappa shape index (κ1) is 13.4.